The zero-order chi connectivity index (χ0) is 32.7. The Morgan fingerprint density at radius 2 is 1.15 bits per heavy atom. The van der Waals surface area contributed by atoms with Gasteiger partial charge in [0.05, 0.1) is 25.9 Å². The predicted molar refractivity (Wildman–Crippen MR) is 146 cm³/mol. The largest absolute Gasteiger partial charge is 0.472 e. The Morgan fingerprint density at radius 1 is 0.761 bits per heavy atom. The number of hydrogen-bond acceptors (Lipinski definition) is 18. The number of hydrogen-bond donors (Lipinski definition) is 8. The van der Waals surface area contributed by atoms with Gasteiger partial charge in [-0.2, -0.15) is 9.97 Å². The highest BCUT2D eigenvalue weighted by atomic mass is 31.2. The lowest BCUT2D eigenvalue weighted by Gasteiger charge is -2.27. The smallest absolute Gasteiger partial charge is 0.386 e. The number of nitrogens with one attached hydrogen (secondary N) is 2. The molecule has 0 radical (unpaired) electrons. The van der Waals surface area contributed by atoms with Crippen molar-refractivity contribution in [1.29, 1.82) is 0 Å². The van der Waals surface area contributed by atoms with Crippen LogP contribution < -0.4 is 22.6 Å². The molecule has 10 N–H and O–H groups in total. The molecule has 0 saturated carbocycles. The van der Waals surface area contributed by atoms with Crippen LogP contribution in [0.25, 0.3) is 22.3 Å². The first-order valence-corrected chi connectivity index (χ1v) is 16.1. The number of anilines is 2. The number of phosphoric ester groups is 2. The molecule has 4 aromatic heterocycles. The third-order valence-corrected chi connectivity index (χ3v) is 9.35. The average molecular weight is 720 g/mol. The van der Waals surface area contributed by atoms with E-state index in [0.29, 0.717) is 0 Å². The third-order valence-electron chi connectivity index (χ3n) is 7.38. The molecule has 24 nitrogen and oxygen atoms in total. The first kappa shape index (κ1) is 31.0. The Kier molecular flexibility index (Phi) is 7.39. The molecule has 7 rings (SSSR count). The summed E-state index contributed by atoms with van der Waals surface area (Å²) in [6.45, 7) is -1.74. The summed E-state index contributed by atoms with van der Waals surface area (Å²) >= 11 is 0. The van der Waals surface area contributed by atoms with E-state index in [2.05, 4.69) is 29.9 Å². The van der Waals surface area contributed by atoms with Gasteiger partial charge in [0.15, 0.2) is 34.8 Å². The quantitative estimate of drug-likeness (QED) is 0.0579. The van der Waals surface area contributed by atoms with Gasteiger partial charge in [0.25, 0.3) is 11.1 Å². The van der Waals surface area contributed by atoms with E-state index < -0.39 is 89.1 Å². The second-order valence-electron chi connectivity index (χ2n) is 10.3. The maximum atomic E-state index is 13.1. The molecule has 0 bridgehead atoms. The van der Waals surface area contributed by atoms with Crippen LogP contribution in [-0.2, 0) is 36.7 Å². The Labute approximate surface area is 253 Å². The van der Waals surface area contributed by atoms with Crippen LogP contribution in [0.1, 0.15) is 12.5 Å². The molecule has 0 aliphatic carbocycles. The van der Waals surface area contributed by atoms with Gasteiger partial charge in [-0.3, -0.25) is 46.8 Å². The fourth-order valence-corrected chi connectivity index (χ4v) is 7.32. The van der Waals surface area contributed by atoms with Gasteiger partial charge in [-0.25, -0.2) is 19.1 Å². The van der Waals surface area contributed by atoms with Gasteiger partial charge < -0.3 is 40.9 Å². The van der Waals surface area contributed by atoms with E-state index >= 15 is 0 Å². The van der Waals surface area contributed by atoms with Crippen LogP contribution >= 0.6 is 15.6 Å². The van der Waals surface area contributed by atoms with Crippen molar-refractivity contribution in [3.8, 4) is 0 Å². The molecule has 10 unspecified atom stereocenters. The highest BCUT2D eigenvalue weighted by Crippen LogP contribution is 2.53. The van der Waals surface area contributed by atoms with Crippen molar-refractivity contribution in [3.63, 3.8) is 0 Å². The maximum Gasteiger partial charge on any atom is 0.472 e. The van der Waals surface area contributed by atoms with E-state index in [9.17, 15) is 38.7 Å². The maximum absolute atomic E-state index is 13.1. The summed E-state index contributed by atoms with van der Waals surface area (Å²) in [5, 5.41) is 22.2. The highest BCUT2D eigenvalue weighted by molar-refractivity contribution is 7.47. The number of fused-ring (bicyclic) bond motifs is 4. The Morgan fingerprint density at radius 3 is 1.54 bits per heavy atom. The molecule has 0 amide bonds. The van der Waals surface area contributed by atoms with Crippen LogP contribution in [0.5, 0.6) is 0 Å². The summed E-state index contributed by atoms with van der Waals surface area (Å²) in [7, 11) is -10.2. The van der Waals surface area contributed by atoms with Gasteiger partial charge in [0.1, 0.15) is 36.6 Å². The van der Waals surface area contributed by atoms with Crippen molar-refractivity contribution in [1.82, 2.24) is 39.0 Å². The van der Waals surface area contributed by atoms with E-state index in [0.717, 1.165) is 21.8 Å². The van der Waals surface area contributed by atoms with Gasteiger partial charge in [-0.15, -0.1) is 0 Å². The number of phosphoric acid groups is 2. The molecule has 3 fully saturated rings. The predicted octanol–water partition coefficient (Wildman–Crippen LogP) is -3.05. The number of rotatable bonds is 2. The van der Waals surface area contributed by atoms with Crippen LogP contribution in [0.3, 0.4) is 0 Å². The van der Waals surface area contributed by atoms with E-state index in [-0.39, 0.29) is 34.2 Å². The summed E-state index contributed by atoms with van der Waals surface area (Å²) in [6.07, 6.45) is -10.9. The number of aliphatic hydroxyl groups excluding tert-OH is 2. The Hall–Kier alpha value is -3.64. The number of nitrogens with zero attached hydrogens (tertiary/aromatic N) is 6. The number of ether oxygens (including phenoxy) is 2. The molecule has 46 heavy (non-hydrogen) atoms. The van der Waals surface area contributed by atoms with Crippen LogP contribution in [-0.4, -0.2) is 109 Å². The van der Waals surface area contributed by atoms with E-state index in [1.165, 1.54) is 0 Å². The molecule has 0 spiro atoms. The standard InChI is InChI=1S/C20H24N10O14P2/c21-19-25-13-7(15(33)27-19)23-3-29(13)17-9(31)11-5(41-17)1-39-45(35,36)44-12-6(2-40-46(37,38)43-11)42-18(10(12)32)30-4-24-8-14(30)26-20(22)28-16(8)34/h3-6,9-12,17-18,31-32H,1-2H2,(H,35,36)(H,37,38)(H3,21,25,27,33)(H3,22,26,28,34)/i1+1,2+1,3+1,4+1,5+1,6+1,7+1,8+1,9+1,10+1,11+1,12+1,13+1,14+1,15+1,16+1,17+1,18+1,19+1,20+1,21+1,22+1,23+1,24+1,25+1,26+1,27+1,28+1,29+1,30+1. The van der Waals surface area contributed by atoms with Crippen LogP contribution in [0.15, 0.2) is 22.2 Å². The second kappa shape index (κ2) is 11.0. The molecular formula is C20H24N10O14P2. The molecule has 248 valence electrons. The van der Waals surface area contributed by atoms with Gasteiger partial charge in [-0.1, -0.05) is 0 Å². The van der Waals surface area contributed by atoms with Gasteiger partial charge >= 0.3 is 15.6 Å². The second-order valence-corrected chi connectivity index (χ2v) is 13.1. The molecule has 0 aromatic carbocycles. The van der Waals surface area contributed by atoms with Crippen molar-refractivity contribution < 1.29 is 56.7 Å². The number of nitrogen functional groups attached to an aromatic ring is 2. The van der Waals surface area contributed by atoms with Crippen LogP contribution in [0, 0.1) is 0 Å². The van der Waals surface area contributed by atoms with Crippen molar-refractivity contribution in [2.75, 3.05) is 24.7 Å². The zero-order valence-corrected chi connectivity index (χ0v) is 24.6. The van der Waals surface area contributed by atoms with Crippen molar-refractivity contribution in [2.45, 2.75) is 49.1 Å². The number of aromatic amines is 2. The number of H-pyrrole nitrogens is 2. The summed E-state index contributed by atoms with van der Waals surface area (Å²) in [4.78, 5) is 65.9. The lowest BCUT2D eigenvalue weighted by molar-refractivity contribution is -0.0664. The summed E-state index contributed by atoms with van der Waals surface area (Å²) < 4.78 is 60.5. The summed E-state index contributed by atoms with van der Waals surface area (Å²) in [6, 6.07) is 0. The topological polar surface area (TPSA) is 350 Å². The average Bonchev–Trinajstić information content (AvgIpc) is 3.72. The SMILES string of the molecule is [15NH2][13c]1[15n][13c]2[13c]([15n][13cH][15n]2[13CH]2O[13CH]3[13CH2]OP(=O)(O)O[13CH]4[13CH]([13CH2]OP(=O)(O)O[13CH]3[13CH]2O)O[13CH]([15n]2[13cH][15n][13c]3[13c](=O)[15nH][13c]([15NH2])[15n][13c]32)[13CH]4O)[13c](=O)[15nH]1. The minimum absolute atomic E-state index is 0.121. The number of imidazole rings is 2. The minimum atomic E-state index is -5.10. The molecular weight excluding hydrogens is 696 g/mol. The van der Waals surface area contributed by atoms with E-state index in [4.69, 9.17) is 39.0 Å². The normalized spacial score (nSPS) is 37.1. The first-order valence-electron chi connectivity index (χ1n) is 13.1. The molecule has 3 aliphatic heterocycles. The summed E-state index contributed by atoms with van der Waals surface area (Å²) in [5.41, 5.74) is 9.28. The molecule has 26 heteroatoms. The molecule has 4 aromatic rings. The van der Waals surface area contributed by atoms with E-state index in [1.807, 2.05) is 0 Å². The summed E-state index contributed by atoms with van der Waals surface area (Å²) in [5.74, 6) is -0.561. The fraction of sp³-hybridized carbons (Fsp3) is 0.500. The molecule has 10 atom stereocenters. The lowest BCUT2D eigenvalue weighted by atomic mass is 11.1. The Balaban J connectivity index is 1.18. The highest BCUT2D eigenvalue weighted by Gasteiger charge is 2.54. The van der Waals surface area contributed by atoms with Gasteiger partial charge in [-0.05, 0) is 0 Å². The number of nitrogens with two attached hydrogens (primary N) is 2. The van der Waals surface area contributed by atoms with Gasteiger partial charge in [0, 0.05) is 0 Å². The fourth-order valence-electron chi connectivity index (χ4n) is 5.39. The van der Waals surface area contributed by atoms with Crippen molar-refractivity contribution in [2.24, 2.45) is 0 Å². The van der Waals surface area contributed by atoms with Crippen molar-refractivity contribution >= 4 is 49.9 Å². The minimum Gasteiger partial charge on any atom is -0.386 e. The zero-order valence-electron chi connectivity index (χ0n) is 22.8. The number of aliphatic hydroxyl groups is 2. The van der Waals surface area contributed by atoms with Crippen LogP contribution in [0.2, 0.25) is 0 Å². The third kappa shape index (κ3) is 5.33. The van der Waals surface area contributed by atoms with Crippen molar-refractivity contribution in [3.05, 3.63) is 33.4 Å². The van der Waals surface area contributed by atoms with Gasteiger partial charge in [0.2, 0.25) is 11.9 Å². The molecule has 3 aliphatic rings. The number of aromatic nitrogens is 8. The molecule has 3 saturated heterocycles. The van der Waals surface area contributed by atoms with E-state index in [1.54, 1.807) is 0 Å². The first-order chi connectivity index (χ1) is 21.7. The van der Waals surface area contributed by atoms with Crippen LogP contribution in [0.4, 0.5) is 11.9 Å². The monoisotopic (exact) mass is 720 g/mol. The Bertz CT molecular complexity index is 1900. The lowest BCUT2D eigenvalue weighted by Crippen LogP contribution is -2.39. The molecule has 7 heterocycles.